The number of rotatable bonds is 4. The second kappa shape index (κ2) is 4.13. The van der Waals surface area contributed by atoms with Gasteiger partial charge in [-0.3, -0.25) is 0 Å². The molecule has 0 radical (unpaired) electrons. The molecule has 0 spiro atoms. The summed E-state index contributed by atoms with van der Waals surface area (Å²) in [6, 6.07) is 0. The van der Waals surface area contributed by atoms with Crippen LogP contribution >= 0.6 is 0 Å². The maximum Gasteiger partial charge on any atom is 0.284 e. The zero-order valence-electron chi connectivity index (χ0n) is 9.80. The van der Waals surface area contributed by atoms with Crippen molar-refractivity contribution in [3.05, 3.63) is 5.82 Å². The third-order valence-electron chi connectivity index (χ3n) is 2.19. The van der Waals surface area contributed by atoms with Gasteiger partial charge in [-0.25, -0.2) is 4.63 Å². The van der Waals surface area contributed by atoms with Crippen molar-refractivity contribution in [2.45, 2.75) is 26.4 Å². The van der Waals surface area contributed by atoms with Crippen molar-refractivity contribution in [1.82, 2.24) is 20.5 Å². The Hall–Kier alpha value is -1.96. The second-order valence-electron chi connectivity index (χ2n) is 3.86. The molecule has 92 valence electrons. The summed E-state index contributed by atoms with van der Waals surface area (Å²) in [5.74, 6) is 0.678. The van der Waals surface area contributed by atoms with Crippen molar-refractivity contribution in [3.63, 3.8) is 0 Å². The van der Waals surface area contributed by atoms with Gasteiger partial charge in [0.15, 0.2) is 0 Å². The van der Waals surface area contributed by atoms with Gasteiger partial charge in [-0.2, -0.15) is 4.98 Å². The van der Waals surface area contributed by atoms with E-state index in [2.05, 4.69) is 25.1 Å². The second-order valence-corrected chi connectivity index (χ2v) is 3.86. The first-order chi connectivity index (χ1) is 8.04. The molecule has 0 amide bonds. The van der Waals surface area contributed by atoms with Gasteiger partial charge in [-0.15, -0.1) is 0 Å². The van der Waals surface area contributed by atoms with E-state index in [0.29, 0.717) is 12.4 Å². The molecule has 0 aliphatic heterocycles. The van der Waals surface area contributed by atoms with E-state index >= 15 is 0 Å². The highest BCUT2D eigenvalue weighted by molar-refractivity contribution is 5.60. The van der Waals surface area contributed by atoms with E-state index in [1.165, 1.54) is 0 Å². The van der Waals surface area contributed by atoms with Crippen LogP contribution in [0.15, 0.2) is 9.15 Å². The SMILES string of the molecule is CCOC(C)(C)c1noc(-c2nonc2N)n1. The van der Waals surface area contributed by atoms with Crippen LogP contribution in [0, 0.1) is 0 Å². The molecule has 0 atom stereocenters. The molecule has 0 aromatic carbocycles. The predicted molar refractivity (Wildman–Crippen MR) is 56.7 cm³/mol. The maximum atomic E-state index is 5.52. The van der Waals surface area contributed by atoms with Gasteiger partial charge in [0, 0.05) is 6.61 Å². The zero-order valence-corrected chi connectivity index (χ0v) is 9.80. The van der Waals surface area contributed by atoms with Crippen LogP contribution in [0.2, 0.25) is 0 Å². The summed E-state index contributed by atoms with van der Waals surface area (Å²) in [4.78, 5) is 4.16. The van der Waals surface area contributed by atoms with Crippen molar-refractivity contribution in [2.24, 2.45) is 0 Å². The van der Waals surface area contributed by atoms with Crippen molar-refractivity contribution < 1.29 is 13.9 Å². The molecule has 2 aromatic heterocycles. The van der Waals surface area contributed by atoms with E-state index in [0.717, 1.165) is 0 Å². The van der Waals surface area contributed by atoms with Crippen LogP contribution in [0.1, 0.15) is 26.6 Å². The zero-order chi connectivity index (χ0) is 12.5. The van der Waals surface area contributed by atoms with Crippen molar-refractivity contribution in [1.29, 1.82) is 0 Å². The molecule has 0 bridgehead atoms. The summed E-state index contributed by atoms with van der Waals surface area (Å²) in [5.41, 5.74) is 5.12. The third-order valence-corrected chi connectivity index (χ3v) is 2.19. The number of hydrogen-bond acceptors (Lipinski definition) is 8. The van der Waals surface area contributed by atoms with Gasteiger partial charge in [0.05, 0.1) is 0 Å². The lowest BCUT2D eigenvalue weighted by Crippen LogP contribution is -2.23. The molecule has 0 saturated carbocycles. The number of ether oxygens (including phenoxy) is 1. The van der Waals surface area contributed by atoms with E-state index in [-0.39, 0.29) is 17.4 Å². The molecule has 0 fully saturated rings. The van der Waals surface area contributed by atoms with Crippen LogP contribution in [-0.2, 0) is 10.3 Å². The molecule has 8 nitrogen and oxygen atoms in total. The first kappa shape index (κ1) is 11.5. The molecule has 2 aromatic rings. The summed E-state index contributed by atoms with van der Waals surface area (Å²) >= 11 is 0. The Bertz CT molecular complexity index is 504. The largest absolute Gasteiger partial charge is 0.379 e. The number of anilines is 1. The van der Waals surface area contributed by atoms with Crippen LogP contribution in [0.5, 0.6) is 0 Å². The average Bonchev–Trinajstić information content (AvgIpc) is 2.85. The Kier molecular flexibility index (Phi) is 2.80. The molecular formula is C9H13N5O3. The van der Waals surface area contributed by atoms with Gasteiger partial charge in [-0.05, 0) is 31.1 Å². The normalized spacial score (nSPS) is 11.9. The van der Waals surface area contributed by atoms with Crippen LogP contribution in [0.3, 0.4) is 0 Å². The monoisotopic (exact) mass is 239 g/mol. The summed E-state index contributed by atoms with van der Waals surface area (Å²) in [6.45, 7) is 6.12. The summed E-state index contributed by atoms with van der Waals surface area (Å²) in [7, 11) is 0. The van der Waals surface area contributed by atoms with Gasteiger partial charge in [0.1, 0.15) is 5.60 Å². The molecule has 0 saturated heterocycles. The molecule has 2 rings (SSSR count). The molecule has 0 aliphatic carbocycles. The quantitative estimate of drug-likeness (QED) is 0.839. The maximum absolute atomic E-state index is 5.52. The molecule has 17 heavy (non-hydrogen) atoms. The van der Waals surface area contributed by atoms with Gasteiger partial charge in [0.2, 0.25) is 17.3 Å². The molecule has 0 aliphatic rings. The highest BCUT2D eigenvalue weighted by Crippen LogP contribution is 2.26. The molecular weight excluding hydrogens is 226 g/mol. The lowest BCUT2D eigenvalue weighted by Gasteiger charge is -2.19. The van der Waals surface area contributed by atoms with E-state index in [9.17, 15) is 0 Å². The van der Waals surface area contributed by atoms with E-state index < -0.39 is 5.60 Å². The number of nitrogen functional groups attached to an aromatic ring is 1. The number of hydrogen-bond donors (Lipinski definition) is 1. The molecule has 2 heterocycles. The summed E-state index contributed by atoms with van der Waals surface area (Å²) < 4.78 is 15.0. The topological polar surface area (TPSA) is 113 Å². The van der Waals surface area contributed by atoms with Gasteiger partial charge >= 0.3 is 0 Å². The standard InChI is InChI=1S/C9H13N5O3/c1-4-15-9(2,3)8-11-7(16-14-8)5-6(10)13-17-12-5/h4H2,1-3H3,(H2,10,13). The Labute approximate surface area is 97.1 Å². The van der Waals surface area contributed by atoms with E-state index in [1.807, 2.05) is 20.8 Å². The number of nitrogens with two attached hydrogens (primary N) is 1. The minimum absolute atomic E-state index is 0.106. The van der Waals surface area contributed by atoms with Crippen LogP contribution in [0.4, 0.5) is 5.82 Å². The minimum Gasteiger partial charge on any atom is -0.379 e. The lowest BCUT2D eigenvalue weighted by molar-refractivity contribution is -0.0221. The molecule has 0 unspecified atom stereocenters. The van der Waals surface area contributed by atoms with E-state index in [4.69, 9.17) is 15.0 Å². The molecule has 8 heteroatoms. The predicted octanol–water partition coefficient (Wildman–Crippen LogP) is 0.973. The van der Waals surface area contributed by atoms with Crippen molar-refractivity contribution in [3.8, 4) is 11.6 Å². The fourth-order valence-electron chi connectivity index (χ4n) is 1.33. The van der Waals surface area contributed by atoms with Crippen LogP contribution in [-0.4, -0.2) is 27.1 Å². The van der Waals surface area contributed by atoms with E-state index in [1.54, 1.807) is 0 Å². The highest BCUT2D eigenvalue weighted by Gasteiger charge is 2.28. The Morgan fingerprint density at radius 1 is 1.29 bits per heavy atom. The lowest BCUT2D eigenvalue weighted by atomic mass is 10.1. The van der Waals surface area contributed by atoms with Crippen molar-refractivity contribution in [2.75, 3.05) is 12.3 Å². The minimum atomic E-state index is -0.636. The van der Waals surface area contributed by atoms with Gasteiger partial charge in [-0.1, -0.05) is 5.16 Å². The first-order valence-corrected chi connectivity index (χ1v) is 5.11. The third kappa shape index (κ3) is 2.11. The summed E-state index contributed by atoms with van der Waals surface area (Å²) in [6.07, 6.45) is 0. The smallest absolute Gasteiger partial charge is 0.284 e. The fraction of sp³-hybridized carbons (Fsp3) is 0.556. The van der Waals surface area contributed by atoms with Crippen LogP contribution < -0.4 is 5.73 Å². The highest BCUT2D eigenvalue weighted by atomic mass is 16.6. The summed E-state index contributed by atoms with van der Waals surface area (Å²) in [5, 5.41) is 10.8. The van der Waals surface area contributed by atoms with Crippen LogP contribution in [0.25, 0.3) is 11.6 Å². The van der Waals surface area contributed by atoms with Gasteiger partial charge in [0.25, 0.3) is 5.89 Å². The average molecular weight is 239 g/mol. The fourth-order valence-corrected chi connectivity index (χ4v) is 1.33. The molecule has 2 N–H and O–H groups in total. The van der Waals surface area contributed by atoms with Gasteiger partial charge < -0.3 is 15.0 Å². The Morgan fingerprint density at radius 3 is 2.65 bits per heavy atom. The first-order valence-electron chi connectivity index (χ1n) is 5.11. The number of aromatic nitrogens is 4. The van der Waals surface area contributed by atoms with Crippen molar-refractivity contribution >= 4 is 5.82 Å². The Balaban J connectivity index is 2.31. The number of nitrogens with zero attached hydrogens (tertiary/aromatic N) is 4. The Morgan fingerprint density at radius 2 is 2.06 bits per heavy atom.